The number of nitrogens with one attached hydrogen (secondary N) is 4. The molecule has 0 aromatic rings. The molecule has 6 atom stereocenters. The maximum atomic E-state index is 14.3. The molecule has 4 N–H and O–H groups in total. The summed E-state index contributed by atoms with van der Waals surface area (Å²) in [6.45, 7) is 15.3. The summed E-state index contributed by atoms with van der Waals surface area (Å²) in [7, 11) is -2.34. The lowest BCUT2D eigenvalue weighted by atomic mass is 9.75. The maximum absolute atomic E-state index is 14.3. The molecule has 4 aliphatic rings. The Kier molecular flexibility index (Phi) is 11.3. The molecule has 0 spiro atoms. The van der Waals surface area contributed by atoms with Gasteiger partial charge in [-0.3, -0.25) is 19.2 Å². The van der Waals surface area contributed by atoms with E-state index in [4.69, 9.17) is 0 Å². The third kappa shape index (κ3) is 7.29. The molecular formula is C34H54N6O6S. The summed E-state index contributed by atoms with van der Waals surface area (Å²) in [5.74, 6) is -2.35. The number of Topliss-reactive ketones (excluding diaryl/α,β-unsaturated/α-hetero) is 1. The van der Waals surface area contributed by atoms with Gasteiger partial charge in [-0.05, 0) is 43.9 Å². The largest absolute Gasteiger partial charge is 0.346 e. The van der Waals surface area contributed by atoms with E-state index in [2.05, 4.69) is 38.8 Å². The number of carbonyl (C=O) groups excluding carboxylic acids is 5. The lowest BCUT2D eigenvalue weighted by Gasteiger charge is -2.43. The lowest BCUT2D eigenvalue weighted by molar-refractivity contribution is -0.144. The van der Waals surface area contributed by atoms with Crippen LogP contribution in [0.1, 0.15) is 98.3 Å². The summed E-state index contributed by atoms with van der Waals surface area (Å²) in [5, 5.41) is 11.4. The van der Waals surface area contributed by atoms with Crippen LogP contribution in [0.25, 0.3) is 0 Å². The van der Waals surface area contributed by atoms with E-state index in [1.165, 1.54) is 11.0 Å². The molecule has 12 nitrogen and oxygen atoms in total. The van der Waals surface area contributed by atoms with Crippen molar-refractivity contribution in [2.24, 2.45) is 15.7 Å². The summed E-state index contributed by atoms with van der Waals surface area (Å²) in [6, 6.07) is -3.53. The fourth-order valence-corrected chi connectivity index (χ4v) is 11.0. The van der Waals surface area contributed by atoms with Crippen molar-refractivity contribution in [2.75, 3.05) is 18.8 Å². The van der Waals surface area contributed by atoms with E-state index in [0.717, 1.165) is 32.1 Å². The molecule has 4 rings (SSSR count). The van der Waals surface area contributed by atoms with Gasteiger partial charge in [0.25, 0.3) is 5.91 Å². The van der Waals surface area contributed by atoms with Crippen molar-refractivity contribution >= 4 is 39.3 Å². The van der Waals surface area contributed by atoms with Crippen LogP contribution in [0.2, 0.25) is 0 Å². The Morgan fingerprint density at radius 1 is 1.04 bits per heavy atom. The Hall–Kier alpha value is -3.22. The number of ketones is 1. The van der Waals surface area contributed by atoms with E-state index >= 15 is 0 Å². The van der Waals surface area contributed by atoms with Crippen LogP contribution in [-0.2, 0) is 28.9 Å². The third-order valence-corrected chi connectivity index (χ3v) is 13.3. The van der Waals surface area contributed by atoms with Gasteiger partial charge in [0.1, 0.15) is 12.1 Å². The number of amides is 5. The van der Waals surface area contributed by atoms with E-state index in [0.29, 0.717) is 37.9 Å². The zero-order valence-electron chi connectivity index (χ0n) is 28.5. The van der Waals surface area contributed by atoms with Gasteiger partial charge in [0.2, 0.25) is 17.6 Å². The van der Waals surface area contributed by atoms with E-state index < -0.39 is 73.2 Å². The van der Waals surface area contributed by atoms with Crippen molar-refractivity contribution < 1.29 is 28.2 Å². The number of likely N-dealkylation sites (tertiary alicyclic amines) is 1. The Balaban J connectivity index is 1.53. The van der Waals surface area contributed by atoms with Gasteiger partial charge in [0, 0.05) is 24.8 Å². The van der Waals surface area contributed by atoms with Crippen molar-refractivity contribution in [1.29, 1.82) is 0 Å². The van der Waals surface area contributed by atoms with E-state index in [1.54, 1.807) is 6.08 Å². The summed E-state index contributed by atoms with van der Waals surface area (Å²) in [5.41, 5.74) is -1.44. The van der Waals surface area contributed by atoms with Crippen molar-refractivity contribution in [3.8, 4) is 0 Å². The minimum atomic E-state index is -2.34. The molecule has 5 amide bonds. The smallest absolute Gasteiger partial charge is 0.316 e. The molecule has 2 saturated heterocycles. The fraction of sp³-hybridized carbons (Fsp3) is 0.735. The maximum Gasteiger partial charge on any atom is 0.316 e. The molecule has 47 heavy (non-hydrogen) atoms. The van der Waals surface area contributed by atoms with Crippen LogP contribution in [0, 0.1) is 11.3 Å². The molecule has 3 heterocycles. The number of rotatable bonds is 14. The zero-order chi connectivity index (χ0) is 34.6. The van der Waals surface area contributed by atoms with E-state index in [1.807, 2.05) is 27.7 Å². The van der Waals surface area contributed by atoms with Crippen LogP contribution in [-0.4, -0.2) is 86.0 Å². The molecule has 13 heteroatoms. The highest BCUT2D eigenvalue weighted by Crippen LogP contribution is 2.58. The highest BCUT2D eigenvalue weighted by atomic mass is 32.2. The average Bonchev–Trinajstić information content (AvgIpc) is 3.29. The molecule has 0 bridgehead atoms. The van der Waals surface area contributed by atoms with Gasteiger partial charge >= 0.3 is 6.03 Å². The first kappa shape index (κ1) is 36.6. The Bertz CT molecular complexity index is 1390. The highest BCUT2D eigenvalue weighted by molar-refractivity contribution is 8.00. The van der Waals surface area contributed by atoms with Crippen molar-refractivity contribution in [1.82, 2.24) is 26.2 Å². The second kappa shape index (κ2) is 14.5. The second-order valence-electron chi connectivity index (χ2n) is 14.6. The number of nitrogens with zero attached hydrogens (tertiary/aromatic N) is 2. The highest BCUT2D eigenvalue weighted by Gasteiger charge is 2.70. The van der Waals surface area contributed by atoms with Crippen LogP contribution in [0.4, 0.5) is 4.79 Å². The predicted octanol–water partition coefficient (Wildman–Crippen LogP) is 3.32. The number of urea groups is 1. The van der Waals surface area contributed by atoms with Gasteiger partial charge in [-0.15, -0.1) is 13.2 Å². The molecule has 1 aliphatic carbocycles. The summed E-state index contributed by atoms with van der Waals surface area (Å²) in [4.78, 5) is 68.3. The molecule has 0 aromatic carbocycles. The standard InChI is InChI=1S/C34H54N6O6S/c1-7-10-15-24(26(41)29(43)35-20-8-2)36-28(42)25-23(9-3)16-21-40(25)30(44)27(32(4,5)6)37-31(45)38-33(17-12-11-13-18-33)34-19-14-22-47(34,46)39-34/h8-9,23-25,27H,2-3,7,10-22H2,1,4-6H3,(H,35,43)(H,36,42)(H2,37,38,45)/t23-,24-,25-,27+,34?,47?/m0/s1. The minimum Gasteiger partial charge on any atom is -0.346 e. The number of hydrogen-bond acceptors (Lipinski definition) is 7. The number of carbonyl (C=O) groups is 5. The van der Waals surface area contributed by atoms with Gasteiger partial charge in [0.15, 0.2) is 4.87 Å². The molecular weight excluding hydrogens is 620 g/mol. The van der Waals surface area contributed by atoms with Crippen LogP contribution < -0.4 is 21.3 Å². The molecule has 3 aliphatic heterocycles. The zero-order valence-corrected chi connectivity index (χ0v) is 29.3. The van der Waals surface area contributed by atoms with Crippen LogP contribution >= 0.6 is 0 Å². The first-order valence-electron chi connectivity index (χ1n) is 17.2. The van der Waals surface area contributed by atoms with Crippen molar-refractivity contribution in [3.05, 3.63) is 25.3 Å². The summed E-state index contributed by atoms with van der Waals surface area (Å²) in [6.07, 6.45) is 11.0. The molecule has 262 valence electrons. The number of hydrogen-bond donors (Lipinski definition) is 4. The normalized spacial score (nSPS) is 28.9. The van der Waals surface area contributed by atoms with Crippen LogP contribution in [0.15, 0.2) is 29.7 Å². The van der Waals surface area contributed by atoms with Gasteiger partial charge in [0.05, 0.1) is 21.3 Å². The molecule has 0 aromatic heterocycles. The van der Waals surface area contributed by atoms with Gasteiger partial charge in [-0.1, -0.05) is 72.0 Å². The van der Waals surface area contributed by atoms with Crippen molar-refractivity contribution in [3.63, 3.8) is 0 Å². The fourth-order valence-electron chi connectivity index (χ4n) is 7.74. The molecule has 3 fully saturated rings. The molecule has 2 unspecified atom stereocenters. The summed E-state index contributed by atoms with van der Waals surface area (Å²) >= 11 is 0. The van der Waals surface area contributed by atoms with Crippen LogP contribution in [0.5, 0.6) is 0 Å². The minimum absolute atomic E-state index is 0.118. The van der Waals surface area contributed by atoms with E-state index in [9.17, 15) is 28.2 Å². The molecule has 1 saturated carbocycles. The van der Waals surface area contributed by atoms with Crippen LogP contribution in [0.3, 0.4) is 0 Å². The first-order chi connectivity index (χ1) is 22.2. The quantitative estimate of drug-likeness (QED) is 0.163. The second-order valence-corrected chi connectivity index (χ2v) is 17.1. The Morgan fingerprint density at radius 3 is 2.30 bits per heavy atom. The van der Waals surface area contributed by atoms with Gasteiger partial charge in [-0.25, -0.2) is 13.4 Å². The van der Waals surface area contributed by atoms with E-state index in [-0.39, 0.29) is 25.4 Å². The number of fused-ring (bicyclic) bond motifs is 1. The van der Waals surface area contributed by atoms with Gasteiger partial charge in [-0.2, -0.15) is 0 Å². The monoisotopic (exact) mass is 674 g/mol. The van der Waals surface area contributed by atoms with Gasteiger partial charge < -0.3 is 26.2 Å². The average molecular weight is 675 g/mol. The van der Waals surface area contributed by atoms with Crippen molar-refractivity contribution in [2.45, 2.75) is 127 Å². The topological polar surface area (TPSA) is 166 Å². The Morgan fingerprint density at radius 2 is 1.74 bits per heavy atom. The SMILES string of the molecule is C=CCNC(=O)C(=O)[C@H](CCCC)NC(=O)[C@@H]1[C@@H](C=C)CCN1C(=O)[C@@H](NC(=O)NC1(C23CCCS2(=O)=N3)CCCCC1)C(C)(C)C. The first-order valence-corrected chi connectivity index (χ1v) is 18.9. The third-order valence-electron chi connectivity index (χ3n) is 10.3. The predicted molar refractivity (Wildman–Crippen MR) is 182 cm³/mol. The Labute approximate surface area is 279 Å². The lowest BCUT2D eigenvalue weighted by Crippen LogP contribution is -2.66. The number of unbranched alkanes of at least 4 members (excludes halogenated alkanes) is 1. The summed E-state index contributed by atoms with van der Waals surface area (Å²) < 4.78 is 18.1. The molecule has 0 radical (unpaired) electrons.